The van der Waals surface area contributed by atoms with Gasteiger partial charge in [0.1, 0.15) is 17.1 Å². The third-order valence-electron chi connectivity index (χ3n) is 5.23. The van der Waals surface area contributed by atoms with Gasteiger partial charge in [-0.15, -0.1) is 10.2 Å². The minimum absolute atomic E-state index is 0.00739. The molecule has 158 valence electrons. The zero-order valence-corrected chi connectivity index (χ0v) is 16.1. The second kappa shape index (κ2) is 7.33. The highest BCUT2D eigenvalue weighted by Gasteiger charge is 2.38. The fourth-order valence-corrected chi connectivity index (χ4v) is 3.52. The summed E-state index contributed by atoms with van der Waals surface area (Å²) in [5, 5.41) is 7.86. The molecule has 0 radical (unpaired) electrons. The van der Waals surface area contributed by atoms with Gasteiger partial charge in [-0.1, -0.05) is 12.1 Å². The molecule has 4 aromatic rings. The van der Waals surface area contributed by atoms with Crippen LogP contribution in [0.25, 0.3) is 16.8 Å². The second-order valence-corrected chi connectivity index (χ2v) is 7.49. The van der Waals surface area contributed by atoms with Gasteiger partial charge < -0.3 is 4.74 Å². The molecule has 1 aliphatic rings. The summed E-state index contributed by atoms with van der Waals surface area (Å²) < 4.78 is 62.6. The predicted octanol–water partition coefficient (Wildman–Crippen LogP) is 5.69. The first-order valence-electron chi connectivity index (χ1n) is 9.72. The number of halogens is 4. The van der Waals surface area contributed by atoms with Gasteiger partial charge in [-0.3, -0.25) is 9.38 Å². The van der Waals surface area contributed by atoms with Gasteiger partial charge >= 0.3 is 6.18 Å². The molecule has 0 saturated heterocycles. The number of fused-ring (bicyclic) bond motifs is 1. The molecule has 1 fully saturated rings. The van der Waals surface area contributed by atoms with Crippen molar-refractivity contribution >= 4 is 5.65 Å². The maximum absolute atomic E-state index is 14.0. The Kier molecular flexibility index (Phi) is 4.60. The fourth-order valence-electron chi connectivity index (χ4n) is 3.52. The Balaban J connectivity index is 1.52. The largest absolute Gasteiger partial charge is 0.454 e. The van der Waals surface area contributed by atoms with E-state index in [4.69, 9.17) is 4.74 Å². The maximum Gasteiger partial charge on any atom is 0.420 e. The molecule has 9 heteroatoms. The monoisotopic (exact) mass is 428 g/mol. The van der Waals surface area contributed by atoms with Crippen molar-refractivity contribution in [2.45, 2.75) is 25.4 Å². The quantitative estimate of drug-likeness (QED) is 0.383. The lowest BCUT2D eigenvalue weighted by molar-refractivity contribution is -0.136. The summed E-state index contributed by atoms with van der Waals surface area (Å²) in [6.45, 7) is 0. The summed E-state index contributed by atoms with van der Waals surface area (Å²) >= 11 is 0. The average Bonchev–Trinajstić information content (AvgIpc) is 3.47. The molecule has 0 amide bonds. The van der Waals surface area contributed by atoms with E-state index in [1.807, 2.05) is 0 Å². The van der Waals surface area contributed by atoms with E-state index in [1.165, 1.54) is 47.0 Å². The molecule has 0 N–H and O–H groups in total. The molecule has 0 spiro atoms. The van der Waals surface area contributed by atoms with Crippen molar-refractivity contribution < 1.29 is 22.3 Å². The number of ether oxygens (including phenoxy) is 1. The molecule has 0 atom stereocenters. The summed E-state index contributed by atoms with van der Waals surface area (Å²) in [4.78, 5) is 3.64. The fraction of sp³-hybridized carbons (Fsp3) is 0.227. The third kappa shape index (κ3) is 3.83. The van der Waals surface area contributed by atoms with Crippen molar-refractivity contribution in [3.8, 4) is 22.6 Å². The van der Waals surface area contributed by atoms with E-state index in [9.17, 15) is 17.6 Å². The number of hydrogen-bond acceptors (Lipinski definition) is 4. The van der Waals surface area contributed by atoms with Crippen LogP contribution >= 0.6 is 0 Å². The third-order valence-corrected chi connectivity index (χ3v) is 5.23. The first-order valence-corrected chi connectivity index (χ1v) is 9.72. The Labute approximate surface area is 174 Å². The Morgan fingerprint density at radius 3 is 2.48 bits per heavy atom. The molecular formula is C22H16F4N4O. The zero-order valence-electron chi connectivity index (χ0n) is 16.1. The lowest BCUT2D eigenvalue weighted by Gasteiger charge is -2.15. The molecule has 0 bridgehead atoms. The SMILES string of the molecule is Fc1cnccc1Oc1ccc(-c2ccn3c(CC4CC4)nnc3c2C(F)(F)F)cc1. The van der Waals surface area contributed by atoms with E-state index in [2.05, 4.69) is 15.2 Å². The Hall–Kier alpha value is -3.49. The molecule has 5 rings (SSSR count). The van der Waals surface area contributed by atoms with Gasteiger partial charge in [-0.05, 0) is 48.1 Å². The average molecular weight is 428 g/mol. The van der Waals surface area contributed by atoms with Crippen molar-refractivity contribution in [2.24, 2.45) is 5.92 Å². The maximum atomic E-state index is 14.0. The first-order chi connectivity index (χ1) is 14.9. The summed E-state index contributed by atoms with van der Waals surface area (Å²) in [7, 11) is 0. The zero-order chi connectivity index (χ0) is 21.6. The number of alkyl halides is 3. The lowest BCUT2D eigenvalue weighted by Crippen LogP contribution is -2.11. The van der Waals surface area contributed by atoms with Crippen molar-refractivity contribution in [3.05, 3.63) is 72.2 Å². The van der Waals surface area contributed by atoms with Crippen LogP contribution in [0.15, 0.2) is 55.0 Å². The molecule has 3 aromatic heterocycles. The Morgan fingerprint density at radius 2 is 1.81 bits per heavy atom. The molecule has 0 unspecified atom stereocenters. The number of hydrogen-bond donors (Lipinski definition) is 0. The molecule has 3 heterocycles. The van der Waals surface area contributed by atoms with Crippen LogP contribution in [0.2, 0.25) is 0 Å². The molecule has 1 aliphatic carbocycles. The first kappa shape index (κ1) is 19.5. The summed E-state index contributed by atoms with van der Waals surface area (Å²) in [5.41, 5.74) is -0.714. The number of benzene rings is 1. The highest BCUT2D eigenvalue weighted by Crippen LogP contribution is 2.40. The number of aromatic nitrogens is 4. The lowest BCUT2D eigenvalue weighted by atomic mass is 10.0. The van der Waals surface area contributed by atoms with E-state index in [0.717, 1.165) is 19.0 Å². The topological polar surface area (TPSA) is 52.3 Å². The predicted molar refractivity (Wildman–Crippen MR) is 104 cm³/mol. The van der Waals surface area contributed by atoms with E-state index in [1.54, 1.807) is 6.20 Å². The summed E-state index contributed by atoms with van der Waals surface area (Å²) in [6, 6.07) is 8.76. The van der Waals surface area contributed by atoms with Crippen LogP contribution in [0, 0.1) is 11.7 Å². The minimum atomic E-state index is -4.61. The number of pyridine rings is 2. The van der Waals surface area contributed by atoms with Gasteiger partial charge in [0, 0.05) is 24.9 Å². The van der Waals surface area contributed by atoms with E-state index in [0.29, 0.717) is 23.7 Å². The normalized spacial score (nSPS) is 14.2. The second-order valence-electron chi connectivity index (χ2n) is 7.49. The van der Waals surface area contributed by atoms with Crippen LogP contribution in [-0.2, 0) is 12.6 Å². The number of rotatable bonds is 5. The highest BCUT2D eigenvalue weighted by atomic mass is 19.4. The summed E-state index contributed by atoms with van der Waals surface area (Å²) in [5.74, 6) is 0.645. The highest BCUT2D eigenvalue weighted by molar-refractivity contribution is 5.74. The van der Waals surface area contributed by atoms with Crippen LogP contribution in [0.5, 0.6) is 11.5 Å². The Morgan fingerprint density at radius 1 is 1.03 bits per heavy atom. The van der Waals surface area contributed by atoms with Crippen LogP contribution in [0.4, 0.5) is 17.6 Å². The molecule has 1 saturated carbocycles. The Bertz CT molecular complexity index is 1250. The van der Waals surface area contributed by atoms with Crippen LogP contribution in [0.3, 0.4) is 0 Å². The van der Waals surface area contributed by atoms with E-state index in [-0.39, 0.29) is 22.7 Å². The van der Waals surface area contributed by atoms with Gasteiger partial charge in [0.15, 0.2) is 17.2 Å². The van der Waals surface area contributed by atoms with Crippen molar-refractivity contribution in [1.82, 2.24) is 19.6 Å². The van der Waals surface area contributed by atoms with Crippen molar-refractivity contribution in [2.75, 3.05) is 0 Å². The smallest absolute Gasteiger partial charge is 0.420 e. The molecular weight excluding hydrogens is 412 g/mol. The van der Waals surface area contributed by atoms with Crippen LogP contribution in [-0.4, -0.2) is 19.6 Å². The molecule has 5 nitrogen and oxygen atoms in total. The van der Waals surface area contributed by atoms with Crippen LogP contribution in [0.1, 0.15) is 24.2 Å². The molecule has 31 heavy (non-hydrogen) atoms. The van der Waals surface area contributed by atoms with Gasteiger partial charge in [0.05, 0.1) is 6.20 Å². The van der Waals surface area contributed by atoms with Crippen LogP contribution < -0.4 is 4.74 Å². The van der Waals surface area contributed by atoms with Gasteiger partial charge in [-0.25, -0.2) is 4.39 Å². The standard InChI is InChI=1S/C22H16F4N4O/c23-17-12-27-9-7-18(17)31-15-5-3-14(4-6-15)16-8-10-30-19(11-13-1-2-13)28-29-21(30)20(16)22(24,25)26/h3-10,12-13H,1-2,11H2. The van der Waals surface area contributed by atoms with E-state index < -0.39 is 17.6 Å². The van der Waals surface area contributed by atoms with Gasteiger partial charge in [0.2, 0.25) is 0 Å². The summed E-state index contributed by atoms with van der Waals surface area (Å²) in [6.07, 6.45) is 2.12. The van der Waals surface area contributed by atoms with Gasteiger partial charge in [0.25, 0.3) is 0 Å². The van der Waals surface area contributed by atoms with Crippen molar-refractivity contribution in [1.29, 1.82) is 0 Å². The minimum Gasteiger partial charge on any atom is -0.454 e. The van der Waals surface area contributed by atoms with E-state index >= 15 is 0 Å². The molecule has 1 aromatic carbocycles. The number of nitrogens with zero attached hydrogens (tertiary/aromatic N) is 4. The molecule has 0 aliphatic heterocycles. The van der Waals surface area contributed by atoms with Crippen molar-refractivity contribution in [3.63, 3.8) is 0 Å². The van der Waals surface area contributed by atoms with Gasteiger partial charge in [-0.2, -0.15) is 13.2 Å².